The Balaban J connectivity index is 2.31. The molecule has 0 radical (unpaired) electrons. The van der Waals surface area contributed by atoms with Crippen molar-refractivity contribution in [3.8, 4) is 0 Å². The number of hydrogen-bond donors (Lipinski definition) is 1. The van der Waals surface area contributed by atoms with E-state index in [1.807, 2.05) is 0 Å². The second-order valence-electron chi connectivity index (χ2n) is 5.21. The highest BCUT2D eigenvalue weighted by molar-refractivity contribution is 7.91. The fourth-order valence-electron chi connectivity index (χ4n) is 2.35. The van der Waals surface area contributed by atoms with Crippen molar-refractivity contribution in [1.29, 1.82) is 0 Å². The van der Waals surface area contributed by atoms with E-state index in [1.165, 1.54) is 17.8 Å². The van der Waals surface area contributed by atoms with E-state index in [9.17, 15) is 8.42 Å². The Morgan fingerprint density at radius 3 is 2.67 bits per heavy atom. The number of nitrogens with zero attached hydrogens (tertiary/aromatic N) is 2. The smallest absolute Gasteiger partial charge is 0.182 e. The number of nitrogens with two attached hydrogens (primary N) is 1. The fraction of sp³-hybridized carbons (Fsp3) is 0.727. The Hall–Kier alpha value is -0.820. The SMILES string of the molecule is CC(C)C1CCN(c2snc(N)c2S(C)(=O)=O)C1. The van der Waals surface area contributed by atoms with Crippen molar-refractivity contribution < 1.29 is 8.42 Å². The maximum atomic E-state index is 11.8. The highest BCUT2D eigenvalue weighted by atomic mass is 32.2. The van der Waals surface area contributed by atoms with Crippen molar-refractivity contribution >= 4 is 32.2 Å². The highest BCUT2D eigenvalue weighted by Crippen LogP contribution is 2.38. The third kappa shape index (κ3) is 2.47. The van der Waals surface area contributed by atoms with E-state index >= 15 is 0 Å². The topological polar surface area (TPSA) is 76.3 Å². The molecule has 2 heterocycles. The molecule has 1 aliphatic rings. The van der Waals surface area contributed by atoms with Gasteiger partial charge in [-0.1, -0.05) is 13.8 Å². The third-order valence-corrected chi connectivity index (χ3v) is 5.68. The predicted molar refractivity (Wildman–Crippen MR) is 74.8 cm³/mol. The van der Waals surface area contributed by atoms with Crippen LogP contribution in [0.3, 0.4) is 0 Å². The number of nitrogen functional groups attached to an aromatic ring is 1. The van der Waals surface area contributed by atoms with Crippen LogP contribution in [0.1, 0.15) is 20.3 Å². The minimum atomic E-state index is -3.31. The van der Waals surface area contributed by atoms with E-state index in [-0.39, 0.29) is 10.7 Å². The molecule has 0 aliphatic carbocycles. The average Bonchev–Trinajstić information content (AvgIpc) is 2.81. The van der Waals surface area contributed by atoms with E-state index < -0.39 is 9.84 Å². The van der Waals surface area contributed by atoms with Gasteiger partial charge in [-0.25, -0.2) is 8.42 Å². The van der Waals surface area contributed by atoms with Crippen molar-refractivity contribution in [3.63, 3.8) is 0 Å². The molecule has 7 heteroatoms. The van der Waals surface area contributed by atoms with Gasteiger partial charge in [-0.2, -0.15) is 4.37 Å². The van der Waals surface area contributed by atoms with Gasteiger partial charge in [0.05, 0.1) is 0 Å². The predicted octanol–water partition coefficient (Wildman–Crippen LogP) is 1.61. The number of anilines is 2. The summed E-state index contributed by atoms with van der Waals surface area (Å²) in [7, 11) is -3.31. The van der Waals surface area contributed by atoms with Gasteiger partial charge in [0, 0.05) is 19.3 Å². The summed E-state index contributed by atoms with van der Waals surface area (Å²) in [4.78, 5) is 2.31. The van der Waals surface area contributed by atoms with Crippen LogP contribution in [0.25, 0.3) is 0 Å². The monoisotopic (exact) mass is 289 g/mol. The van der Waals surface area contributed by atoms with Crippen LogP contribution < -0.4 is 10.6 Å². The van der Waals surface area contributed by atoms with Crippen molar-refractivity contribution in [2.75, 3.05) is 30.0 Å². The molecule has 0 amide bonds. The number of aromatic nitrogens is 1. The van der Waals surface area contributed by atoms with Gasteiger partial charge < -0.3 is 10.6 Å². The summed E-state index contributed by atoms with van der Waals surface area (Å²) >= 11 is 1.19. The van der Waals surface area contributed by atoms with Gasteiger partial charge >= 0.3 is 0 Å². The van der Waals surface area contributed by atoms with Crippen molar-refractivity contribution in [3.05, 3.63) is 0 Å². The van der Waals surface area contributed by atoms with E-state index in [4.69, 9.17) is 5.73 Å². The van der Waals surface area contributed by atoms with Crippen LogP contribution in [-0.2, 0) is 9.84 Å². The van der Waals surface area contributed by atoms with E-state index in [2.05, 4.69) is 23.1 Å². The first-order valence-electron chi connectivity index (χ1n) is 6.01. The third-order valence-electron chi connectivity index (χ3n) is 3.48. The fourth-order valence-corrected chi connectivity index (χ4v) is 4.59. The molecule has 2 N–H and O–H groups in total. The molecule has 0 bridgehead atoms. The van der Waals surface area contributed by atoms with Gasteiger partial charge in [-0.15, -0.1) is 0 Å². The maximum absolute atomic E-state index is 11.8. The zero-order valence-corrected chi connectivity index (χ0v) is 12.5. The molecule has 1 aromatic heterocycles. The lowest BCUT2D eigenvalue weighted by Gasteiger charge is -2.18. The lowest BCUT2D eigenvalue weighted by Crippen LogP contribution is -2.22. The Morgan fingerprint density at radius 1 is 1.50 bits per heavy atom. The van der Waals surface area contributed by atoms with Crippen LogP contribution in [0.15, 0.2) is 4.90 Å². The summed E-state index contributed by atoms with van der Waals surface area (Å²) in [6.07, 6.45) is 2.28. The molecule has 1 fully saturated rings. The minimum absolute atomic E-state index is 0.130. The van der Waals surface area contributed by atoms with Crippen LogP contribution in [0.4, 0.5) is 10.8 Å². The molecular formula is C11H19N3O2S2. The highest BCUT2D eigenvalue weighted by Gasteiger charge is 2.31. The quantitative estimate of drug-likeness (QED) is 0.915. The molecule has 1 aliphatic heterocycles. The van der Waals surface area contributed by atoms with Gasteiger partial charge in [0.25, 0.3) is 0 Å². The second-order valence-corrected chi connectivity index (χ2v) is 7.92. The molecule has 18 heavy (non-hydrogen) atoms. The molecule has 1 atom stereocenters. The summed E-state index contributed by atoms with van der Waals surface area (Å²) in [6.45, 7) is 6.17. The molecule has 5 nitrogen and oxygen atoms in total. The summed E-state index contributed by atoms with van der Waals surface area (Å²) in [6, 6.07) is 0. The first kappa shape index (κ1) is 13.6. The van der Waals surface area contributed by atoms with Crippen molar-refractivity contribution in [1.82, 2.24) is 4.37 Å². The summed E-state index contributed by atoms with van der Waals surface area (Å²) in [5.74, 6) is 1.35. The van der Waals surface area contributed by atoms with Gasteiger partial charge in [-0.05, 0) is 29.8 Å². The molecular weight excluding hydrogens is 270 g/mol. The van der Waals surface area contributed by atoms with Gasteiger partial charge in [0.2, 0.25) is 0 Å². The summed E-state index contributed by atoms with van der Waals surface area (Å²) < 4.78 is 27.5. The van der Waals surface area contributed by atoms with Crippen molar-refractivity contribution in [2.45, 2.75) is 25.2 Å². The molecule has 0 saturated carbocycles. The summed E-state index contributed by atoms with van der Waals surface area (Å²) in [5.41, 5.74) is 5.68. The molecule has 1 aromatic rings. The zero-order valence-electron chi connectivity index (χ0n) is 10.9. The second kappa shape index (κ2) is 4.70. The Bertz CT molecular complexity index is 536. The maximum Gasteiger partial charge on any atom is 0.182 e. The Morgan fingerprint density at radius 2 is 2.17 bits per heavy atom. The van der Waals surface area contributed by atoms with E-state index in [0.717, 1.165) is 19.5 Å². The molecule has 2 rings (SSSR count). The lowest BCUT2D eigenvalue weighted by molar-refractivity contribution is 0.423. The van der Waals surface area contributed by atoms with Crippen LogP contribution >= 0.6 is 11.5 Å². The first-order chi connectivity index (χ1) is 8.30. The number of hydrogen-bond acceptors (Lipinski definition) is 6. The van der Waals surface area contributed by atoms with E-state index in [0.29, 0.717) is 16.8 Å². The van der Waals surface area contributed by atoms with Crippen LogP contribution in [0, 0.1) is 11.8 Å². The first-order valence-corrected chi connectivity index (χ1v) is 8.67. The number of sulfone groups is 1. The zero-order chi connectivity index (χ0) is 13.5. The Kier molecular flexibility index (Phi) is 3.55. The molecule has 0 spiro atoms. The molecule has 102 valence electrons. The van der Waals surface area contributed by atoms with Gasteiger partial charge in [0.1, 0.15) is 9.90 Å². The Labute approximate surface area is 112 Å². The number of rotatable bonds is 3. The average molecular weight is 289 g/mol. The van der Waals surface area contributed by atoms with Crippen LogP contribution in [0.5, 0.6) is 0 Å². The molecule has 0 aromatic carbocycles. The molecule has 1 saturated heterocycles. The lowest BCUT2D eigenvalue weighted by atomic mass is 9.95. The summed E-state index contributed by atoms with van der Waals surface area (Å²) in [5, 5.41) is 0.707. The minimum Gasteiger partial charge on any atom is -0.382 e. The van der Waals surface area contributed by atoms with E-state index in [1.54, 1.807) is 0 Å². The van der Waals surface area contributed by atoms with Crippen LogP contribution in [-0.4, -0.2) is 32.1 Å². The van der Waals surface area contributed by atoms with Crippen molar-refractivity contribution in [2.24, 2.45) is 11.8 Å². The van der Waals surface area contributed by atoms with Gasteiger partial charge in [0.15, 0.2) is 15.7 Å². The molecule has 1 unspecified atom stereocenters. The normalized spacial score (nSPS) is 20.9. The van der Waals surface area contributed by atoms with Gasteiger partial charge in [-0.3, -0.25) is 0 Å². The standard InChI is InChI=1S/C11H19N3O2S2/c1-7(2)8-4-5-14(6-8)11-9(18(3,15)16)10(12)13-17-11/h7-8H,4-6H2,1-3H3,(H2,12,13). The van der Waals surface area contributed by atoms with Crippen LogP contribution in [0.2, 0.25) is 0 Å². The largest absolute Gasteiger partial charge is 0.382 e.